The lowest BCUT2D eigenvalue weighted by Gasteiger charge is -2.28. The van der Waals surface area contributed by atoms with E-state index < -0.39 is 5.60 Å². The van der Waals surface area contributed by atoms with Crippen molar-refractivity contribution in [2.45, 2.75) is 19.4 Å². The van der Waals surface area contributed by atoms with Gasteiger partial charge in [0.05, 0.1) is 18.7 Å². The van der Waals surface area contributed by atoms with Gasteiger partial charge in [0.2, 0.25) is 0 Å². The van der Waals surface area contributed by atoms with Crippen molar-refractivity contribution in [3.05, 3.63) is 59.7 Å². The lowest BCUT2D eigenvalue weighted by atomic mass is 9.98. The maximum Gasteiger partial charge on any atom is 0.163 e. The van der Waals surface area contributed by atoms with Gasteiger partial charge in [-0.25, -0.2) is 0 Å². The van der Waals surface area contributed by atoms with Crippen LogP contribution < -0.4 is 9.47 Å². The van der Waals surface area contributed by atoms with E-state index in [4.69, 9.17) is 14.7 Å². The number of methoxy groups -OCH3 is 1. The molecule has 0 radical (unpaired) electrons. The van der Waals surface area contributed by atoms with E-state index in [1.54, 1.807) is 25.3 Å². The highest BCUT2D eigenvalue weighted by molar-refractivity contribution is 5.47. The molecule has 20 heavy (non-hydrogen) atoms. The fourth-order valence-corrected chi connectivity index (χ4v) is 2.00. The summed E-state index contributed by atoms with van der Waals surface area (Å²) >= 11 is 0. The summed E-state index contributed by atoms with van der Waals surface area (Å²) in [5.74, 6) is 1.19. The smallest absolute Gasteiger partial charge is 0.163 e. The van der Waals surface area contributed by atoms with Crippen molar-refractivity contribution >= 4 is 0 Å². The Labute approximate surface area is 119 Å². The lowest BCUT2D eigenvalue weighted by molar-refractivity contribution is 0.104. The second kappa shape index (κ2) is 5.66. The predicted molar refractivity (Wildman–Crippen MR) is 77.8 cm³/mol. The molecule has 0 N–H and O–H groups in total. The molecular formula is C17H17NO2. The Bertz CT molecular complexity index is 627. The molecule has 0 aliphatic carbocycles. The van der Waals surface area contributed by atoms with Crippen LogP contribution in [0.5, 0.6) is 11.5 Å². The minimum absolute atomic E-state index is 0.511. The zero-order chi connectivity index (χ0) is 14.6. The predicted octanol–water partition coefficient (Wildman–Crippen LogP) is 3.88. The summed E-state index contributed by atoms with van der Waals surface area (Å²) in [7, 11) is 1.59. The summed E-state index contributed by atoms with van der Waals surface area (Å²) < 4.78 is 11.4. The Hall–Kier alpha value is -2.47. The van der Waals surface area contributed by atoms with E-state index in [2.05, 4.69) is 6.07 Å². The molecule has 0 bridgehead atoms. The standard InChI is InChI=1S/C17H17NO2/c1-17(2,14-7-5-4-6-8-14)20-16-11-13(12-18)9-10-15(16)19-3/h4-11H,1-3H3. The average molecular weight is 267 g/mol. The van der Waals surface area contributed by atoms with Crippen molar-refractivity contribution in [2.75, 3.05) is 7.11 Å². The molecule has 0 heterocycles. The maximum absolute atomic E-state index is 8.99. The van der Waals surface area contributed by atoms with Gasteiger partial charge in [-0.05, 0) is 31.5 Å². The minimum atomic E-state index is -0.511. The second-order valence-electron chi connectivity index (χ2n) is 4.96. The van der Waals surface area contributed by atoms with E-state index in [0.717, 1.165) is 5.56 Å². The van der Waals surface area contributed by atoms with E-state index in [0.29, 0.717) is 17.1 Å². The molecule has 0 spiro atoms. The van der Waals surface area contributed by atoms with Gasteiger partial charge in [0, 0.05) is 6.07 Å². The van der Waals surface area contributed by atoms with Crippen LogP contribution in [0.4, 0.5) is 0 Å². The van der Waals surface area contributed by atoms with E-state index in [-0.39, 0.29) is 0 Å². The number of hydrogen-bond donors (Lipinski definition) is 0. The molecule has 0 fully saturated rings. The number of rotatable bonds is 4. The molecular weight excluding hydrogens is 250 g/mol. The Kier molecular flexibility index (Phi) is 3.95. The number of hydrogen-bond acceptors (Lipinski definition) is 3. The molecule has 0 saturated carbocycles. The average Bonchev–Trinajstić information content (AvgIpc) is 2.47. The largest absolute Gasteiger partial charge is 0.493 e. The fraction of sp³-hybridized carbons (Fsp3) is 0.235. The monoisotopic (exact) mass is 267 g/mol. The molecule has 0 aliphatic rings. The Morgan fingerprint density at radius 1 is 1.00 bits per heavy atom. The normalized spacial score (nSPS) is 10.7. The summed E-state index contributed by atoms with van der Waals surface area (Å²) in [5.41, 5.74) is 1.09. The zero-order valence-corrected chi connectivity index (χ0v) is 11.9. The number of ether oxygens (including phenoxy) is 2. The van der Waals surface area contributed by atoms with Gasteiger partial charge in [-0.3, -0.25) is 0 Å². The highest BCUT2D eigenvalue weighted by Gasteiger charge is 2.24. The van der Waals surface area contributed by atoms with Crippen LogP contribution in [0.15, 0.2) is 48.5 Å². The van der Waals surface area contributed by atoms with Crippen LogP contribution in [-0.2, 0) is 5.60 Å². The van der Waals surface area contributed by atoms with Crippen molar-refractivity contribution in [3.63, 3.8) is 0 Å². The summed E-state index contributed by atoms with van der Waals surface area (Å²) in [6.07, 6.45) is 0. The molecule has 0 amide bonds. The van der Waals surface area contributed by atoms with Crippen molar-refractivity contribution in [3.8, 4) is 17.6 Å². The molecule has 0 atom stereocenters. The molecule has 0 aromatic heterocycles. The first-order valence-corrected chi connectivity index (χ1v) is 6.39. The summed E-state index contributed by atoms with van der Waals surface area (Å²) in [5, 5.41) is 8.99. The van der Waals surface area contributed by atoms with Gasteiger partial charge in [-0.15, -0.1) is 0 Å². The molecule has 2 aromatic rings. The zero-order valence-electron chi connectivity index (χ0n) is 11.9. The SMILES string of the molecule is COc1ccc(C#N)cc1OC(C)(C)c1ccccc1. The maximum atomic E-state index is 8.99. The van der Waals surface area contributed by atoms with E-state index in [1.165, 1.54) is 0 Å². The fourth-order valence-electron chi connectivity index (χ4n) is 2.00. The quantitative estimate of drug-likeness (QED) is 0.844. The Morgan fingerprint density at radius 3 is 2.30 bits per heavy atom. The molecule has 102 valence electrons. The van der Waals surface area contributed by atoms with Crippen LogP contribution in [0.2, 0.25) is 0 Å². The number of nitriles is 1. The van der Waals surface area contributed by atoms with Gasteiger partial charge in [0.15, 0.2) is 11.5 Å². The minimum Gasteiger partial charge on any atom is -0.493 e. The van der Waals surface area contributed by atoms with E-state index >= 15 is 0 Å². The number of benzene rings is 2. The Morgan fingerprint density at radius 2 is 1.70 bits per heavy atom. The van der Waals surface area contributed by atoms with Gasteiger partial charge in [-0.1, -0.05) is 30.3 Å². The van der Waals surface area contributed by atoms with Gasteiger partial charge >= 0.3 is 0 Å². The van der Waals surface area contributed by atoms with Gasteiger partial charge in [0.1, 0.15) is 5.60 Å². The first-order chi connectivity index (χ1) is 9.56. The third-order valence-corrected chi connectivity index (χ3v) is 3.13. The van der Waals surface area contributed by atoms with Gasteiger partial charge in [0.25, 0.3) is 0 Å². The topological polar surface area (TPSA) is 42.2 Å². The molecule has 0 saturated heterocycles. The molecule has 2 rings (SSSR count). The highest BCUT2D eigenvalue weighted by atomic mass is 16.5. The van der Waals surface area contributed by atoms with Crippen LogP contribution in [0.3, 0.4) is 0 Å². The molecule has 3 nitrogen and oxygen atoms in total. The van der Waals surface area contributed by atoms with Crippen LogP contribution in [0, 0.1) is 11.3 Å². The molecule has 0 aliphatic heterocycles. The molecule has 0 unspecified atom stereocenters. The third kappa shape index (κ3) is 2.92. The lowest BCUT2D eigenvalue weighted by Crippen LogP contribution is -2.25. The molecule has 2 aromatic carbocycles. The first kappa shape index (κ1) is 14.0. The van der Waals surface area contributed by atoms with Crippen molar-refractivity contribution < 1.29 is 9.47 Å². The Balaban J connectivity index is 2.36. The van der Waals surface area contributed by atoms with Crippen LogP contribution in [0.1, 0.15) is 25.0 Å². The van der Waals surface area contributed by atoms with Crippen molar-refractivity contribution in [1.82, 2.24) is 0 Å². The highest BCUT2D eigenvalue weighted by Crippen LogP contribution is 2.34. The van der Waals surface area contributed by atoms with Crippen molar-refractivity contribution in [2.24, 2.45) is 0 Å². The molecule has 3 heteroatoms. The van der Waals surface area contributed by atoms with Gasteiger partial charge in [-0.2, -0.15) is 5.26 Å². The summed E-state index contributed by atoms with van der Waals surface area (Å²) in [6.45, 7) is 3.97. The van der Waals surface area contributed by atoms with Crippen LogP contribution in [-0.4, -0.2) is 7.11 Å². The summed E-state index contributed by atoms with van der Waals surface area (Å²) in [6, 6.07) is 17.2. The van der Waals surface area contributed by atoms with Crippen molar-refractivity contribution in [1.29, 1.82) is 5.26 Å². The third-order valence-electron chi connectivity index (χ3n) is 3.13. The van der Waals surface area contributed by atoms with Crippen LogP contribution >= 0.6 is 0 Å². The van der Waals surface area contributed by atoms with E-state index in [1.807, 2.05) is 44.2 Å². The van der Waals surface area contributed by atoms with Gasteiger partial charge < -0.3 is 9.47 Å². The first-order valence-electron chi connectivity index (χ1n) is 6.39. The van der Waals surface area contributed by atoms with E-state index in [9.17, 15) is 0 Å². The number of nitrogens with zero attached hydrogens (tertiary/aromatic N) is 1. The second-order valence-corrected chi connectivity index (χ2v) is 4.96. The van der Waals surface area contributed by atoms with Crippen LogP contribution in [0.25, 0.3) is 0 Å². The summed E-state index contributed by atoms with van der Waals surface area (Å²) in [4.78, 5) is 0.